The van der Waals surface area contributed by atoms with Gasteiger partial charge in [0.2, 0.25) is 0 Å². The molecule has 1 saturated carbocycles. The first-order chi connectivity index (χ1) is 8.79. The Morgan fingerprint density at radius 3 is 2.83 bits per heavy atom. The Kier molecular flexibility index (Phi) is 3.14. The van der Waals surface area contributed by atoms with Crippen molar-refractivity contribution in [3.05, 3.63) is 47.8 Å². The molecule has 4 heteroatoms. The molecule has 0 saturated heterocycles. The van der Waals surface area contributed by atoms with Gasteiger partial charge in [-0.25, -0.2) is 4.98 Å². The van der Waals surface area contributed by atoms with Crippen LogP contribution in [-0.2, 0) is 13.7 Å². The summed E-state index contributed by atoms with van der Waals surface area (Å²) in [4.78, 5) is 4.36. The van der Waals surface area contributed by atoms with Crippen molar-refractivity contribution < 1.29 is 5.11 Å². The summed E-state index contributed by atoms with van der Waals surface area (Å²) >= 11 is 1.82. The van der Waals surface area contributed by atoms with Gasteiger partial charge in [0.05, 0.1) is 18.5 Å². The molecule has 1 fully saturated rings. The molecule has 2 atom stereocenters. The summed E-state index contributed by atoms with van der Waals surface area (Å²) in [7, 11) is 1.96. The lowest BCUT2D eigenvalue weighted by molar-refractivity contribution is 0.271. The molecule has 0 radical (unpaired) electrons. The van der Waals surface area contributed by atoms with E-state index in [1.54, 1.807) is 6.20 Å². The molecule has 94 valence electrons. The number of benzene rings is 1. The van der Waals surface area contributed by atoms with Crippen LogP contribution in [0, 0.1) is 0 Å². The zero-order chi connectivity index (χ0) is 12.5. The fourth-order valence-corrected chi connectivity index (χ4v) is 3.46. The zero-order valence-corrected chi connectivity index (χ0v) is 11.1. The third-order valence-electron chi connectivity index (χ3n) is 3.42. The number of aromatic nitrogens is 2. The monoisotopic (exact) mass is 260 g/mol. The fourth-order valence-electron chi connectivity index (χ4n) is 2.17. The van der Waals surface area contributed by atoms with E-state index in [4.69, 9.17) is 5.11 Å². The minimum absolute atomic E-state index is 0.0524. The number of imidazole rings is 1. The predicted molar refractivity (Wildman–Crippen MR) is 72.6 cm³/mol. The zero-order valence-electron chi connectivity index (χ0n) is 10.3. The maximum atomic E-state index is 9.14. The molecule has 1 aliphatic carbocycles. The van der Waals surface area contributed by atoms with Gasteiger partial charge in [-0.1, -0.05) is 42.1 Å². The highest BCUT2D eigenvalue weighted by Gasteiger charge is 2.39. The van der Waals surface area contributed by atoms with Crippen LogP contribution in [0.25, 0.3) is 0 Å². The van der Waals surface area contributed by atoms with E-state index in [1.165, 1.54) is 12.0 Å². The summed E-state index contributed by atoms with van der Waals surface area (Å²) in [5.74, 6) is 0.658. The van der Waals surface area contributed by atoms with Crippen LogP contribution in [0.5, 0.6) is 0 Å². The Morgan fingerprint density at radius 1 is 1.39 bits per heavy atom. The summed E-state index contributed by atoms with van der Waals surface area (Å²) in [6.45, 7) is 0.0524. The lowest BCUT2D eigenvalue weighted by Gasteiger charge is -2.03. The minimum Gasteiger partial charge on any atom is -0.390 e. The van der Waals surface area contributed by atoms with E-state index in [-0.39, 0.29) is 6.61 Å². The van der Waals surface area contributed by atoms with E-state index in [0.29, 0.717) is 11.2 Å². The second-order valence-corrected chi connectivity index (χ2v) is 5.86. The van der Waals surface area contributed by atoms with Crippen molar-refractivity contribution in [1.82, 2.24) is 9.55 Å². The molecule has 2 unspecified atom stereocenters. The lowest BCUT2D eigenvalue weighted by Crippen LogP contribution is -1.98. The molecule has 1 aliphatic rings. The maximum absolute atomic E-state index is 9.14. The van der Waals surface area contributed by atoms with E-state index in [0.717, 1.165) is 10.9 Å². The van der Waals surface area contributed by atoms with Gasteiger partial charge in [-0.15, -0.1) is 0 Å². The summed E-state index contributed by atoms with van der Waals surface area (Å²) in [6, 6.07) is 10.6. The van der Waals surface area contributed by atoms with E-state index >= 15 is 0 Å². The topological polar surface area (TPSA) is 38.0 Å². The first-order valence-corrected chi connectivity index (χ1v) is 7.00. The van der Waals surface area contributed by atoms with Gasteiger partial charge in [-0.3, -0.25) is 0 Å². The second-order valence-electron chi connectivity index (χ2n) is 4.66. The van der Waals surface area contributed by atoms with E-state index < -0.39 is 0 Å². The normalized spacial score (nSPS) is 22.1. The molecular weight excluding hydrogens is 244 g/mol. The summed E-state index contributed by atoms with van der Waals surface area (Å²) in [5.41, 5.74) is 2.29. The minimum atomic E-state index is 0.0524. The highest BCUT2D eigenvalue weighted by molar-refractivity contribution is 8.00. The van der Waals surface area contributed by atoms with Crippen LogP contribution in [0.15, 0.2) is 41.7 Å². The molecular formula is C14H16N2OS. The van der Waals surface area contributed by atoms with Crippen molar-refractivity contribution in [3.63, 3.8) is 0 Å². The number of hydrogen-bond acceptors (Lipinski definition) is 3. The quantitative estimate of drug-likeness (QED) is 0.918. The molecule has 0 bridgehead atoms. The average molecular weight is 260 g/mol. The predicted octanol–water partition coefficient (Wildman–Crippen LogP) is 2.56. The van der Waals surface area contributed by atoms with Crippen LogP contribution in [0.4, 0.5) is 0 Å². The first-order valence-electron chi connectivity index (χ1n) is 6.12. The van der Waals surface area contributed by atoms with E-state index in [2.05, 4.69) is 35.3 Å². The fraction of sp³-hybridized carbons (Fsp3) is 0.357. The van der Waals surface area contributed by atoms with Crippen LogP contribution < -0.4 is 0 Å². The van der Waals surface area contributed by atoms with Gasteiger partial charge in [0.1, 0.15) is 0 Å². The molecule has 1 N–H and O–H groups in total. The van der Waals surface area contributed by atoms with Gasteiger partial charge in [0.25, 0.3) is 0 Å². The SMILES string of the molecule is Cn1c(CO)cnc1SC1CC1c1ccccc1. The average Bonchev–Trinajstić information content (AvgIpc) is 3.09. The van der Waals surface area contributed by atoms with Crippen LogP contribution >= 0.6 is 11.8 Å². The Labute approximate surface area is 111 Å². The molecule has 0 spiro atoms. The van der Waals surface area contributed by atoms with Gasteiger partial charge in [0.15, 0.2) is 5.16 Å². The van der Waals surface area contributed by atoms with Crippen molar-refractivity contribution >= 4 is 11.8 Å². The molecule has 2 aromatic rings. The molecule has 0 amide bonds. The van der Waals surface area contributed by atoms with Crippen molar-refractivity contribution in [1.29, 1.82) is 0 Å². The van der Waals surface area contributed by atoms with Crippen LogP contribution in [0.2, 0.25) is 0 Å². The molecule has 18 heavy (non-hydrogen) atoms. The number of nitrogens with zero attached hydrogens (tertiary/aromatic N) is 2. The van der Waals surface area contributed by atoms with Gasteiger partial charge in [-0.2, -0.15) is 0 Å². The molecule has 3 nitrogen and oxygen atoms in total. The Morgan fingerprint density at radius 2 is 2.17 bits per heavy atom. The number of hydrogen-bond donors (Lipinski definition) is 1. The summed E-state index contributed by atoms with van der Waals surface area (Å²) in [5, 5.41) is 10.8. The summed E-state index contributed by atoms with van der Waals surface area (Å²) < 4.78 is 1.98. The highest BCUT2D eigenvalue weighted by Crippen LogP contribution is 2.51. The molecule has 1 aromatic heterocycles. The molecule has 0 aliphatic heterocycles. The van der Waals surface area contributed by atoms with Crippen LogP contribution in [0.1, 0.15) is 23.6 Å². The summed E-state index contributed by atoms with van der Waals surface area (Å²) in [6.07, 6.45) is 2.97. The largest absolute Gasteiger partial charge is 0.390 e. The third-order valence-corrected chi connectivity index (χ3v) is 4.83. The Balaban J connectivity index is 1.67. The molecule has 1 heterocycles. The standard InChI is InChI=1S/C14H16N2OS/c1-16-11(9-17)8-15-14(16)18-13-7-12(13)10-5-3-2-4-6-10/h2-6,8,12-13,17H,7,9H2,1H3. The van der Waals surface area contributed by atoms with Crippen molar-refractivity contribution in [3.8, 4) is 0 Å². The van der Waals surface area contributed by atoms with Gasteiger partial charge >= 0.3 is 0 Å². The van der Waals surface area contributed by atoms with Crippen molar-refractivity contribution in [2.45, 2.75) is 29.4 Å². The lowest BCUT2D eigenvalue weighted by atomic mass is 10.1. The van der Waals surface area contributed by atoms with Gasteiger partial charge in [-0.05, 0) is 17.9 Å². The van der Waals surface area contributed by atoms with Crippen molar-refractivity contribution in [2.75, 3.05) is 0 Å². The first kappa shape index (κ1) is 11.8. The molecule has 3 rings (SSSR count). The van der Waals surface area contributed by atoms with Crippen LogP contribution in [-0.4, -0.2) is 19.9 Å². The number of aliphatic hydroxyl groups excluding tert-OH is 1. The van der Waals surface area contributed by atoms with Gasteiger partial charge in [0, 0.05) is 12.3 Å². The highest BCUT2D eigenvalue weighted by atomic mass is 32.2. The smallest absolute Gasteiger partial charge is 0.168 e. The maximum Gasteiger partial charge on any atom is 0.168 e. The van der Waals surface area contributed by atoms with E-state index in [1.807, 2.05) is 23.4 Å². The number of thioether (sulfide) groups is 1. The van der Waals surface area contributed by atoms with E-state index in [9.17, 15) is 0 Å². The van der Waals surface area contributed by atoms with Crippen molar-refractivity contribution in [2.24, 2.45) is 7.05 Å². The number of rotatable bonds is 4. The Hall–Kier alpha value is -1.26. The third kappa shape index (κ3) is 2.18. The molecule has 1 aromatic carbocycles. The van der Waals surface area contributed by atoms with Crippen LogP contribution in [0.3, 0.4) is 0 Å². The number of aliphatic hydroxyl groups is 1. The second kappa shape index (κ2) is 4.78. The van der Waals surface area contributed by atoms with Gasteiger partial charge < -0.3 is 9.67 Å². The Bertz CT molecular complexity index is 538.